The Morgan fingerprint density at radius 2 is 1.92 bits per heavy atom. The minimum Gasteiger partial charge on any atom is -0.345 e. The molecule has 1 aromatic carbocycles. The molecule has 0 N–H and O–H groups in total. The van der Waals surface area contributed by atoms with Crippen LogP contribution >= 0.6 is 0 Å². The first kappa shape index (κ1) is 18.8. The van der Waals surface area contributed by atoms with E-state index in [1.54, 1.807) is 0 Å². The van der Waals surface area contributed by atoms with Gasteiger partial charge in [0.05, 0.1) is 6.54 Å². The van der Waals surface area contributed by atoms with E-state index in [4.69, 9.17) is 0 Å². The molecule has 3 nitrogen and oxygen atoms in total. The van der Waals surface area contributed by atoms with Crippen LogP contribution in [0.3, 0.4) is 0 Å². The SMILES string of the molecule is Cc1cccc(Cn2cccc2CN(C(=O)C(C)C)C2CCCCC2)c1. The molecule has 1 amide bonds. The summed E-state index contributed by atoms with van der Waals surface area (Å²) >= 11 is 0. The molecule has 140 valence electrons. The lowest BCUT2D eigenvalue weighted by Crippen LogP contribution is -2.43. The third-order valence-corrected chi connectivity index (χ3v) is 5.48. The van der Waals surface area contributed by atoms with Crippen molar-refractivity contribution in [1.29, 1.82) is 0 Å². The highest BCUT2D eigenvalue weighted by atomic mass is 16.2. The molecule has 1 fully saturated rings. The van der Waals surface area contributed by atoms with Gasteiger partial charge in [-0.05, 0) is 37.5 Å². The van der Waals surface area contributed by atoms with E-state index in [1.807, 2.05) is 13.8 Å². The molecule has 0 aliphatic heterocycles. The standard InChI is InChI=1S/C23H32N2O/c1-18(2)23(26)25(21-11-5-4-6-12-21)17-22-13-8-14-24(22)16-20-10-7-9-19(3)15-20/h7-10,13-15,18,21H,4-6,11-12,16-17H2,1-3H3. The van der Waals surface area contributed by atoms with E-state index in [-0.39, 0.29) is 5.92 Å². The molecule has 1 heterocycles. The summed E-state index contributed by atoms with van der Waals surface area (Å²) in [4.78, 5) is 15.1. The van der Waals surface area contributed by atoms with Gasteiger partial charge >= 0.3 is 0 Å². The highest BCUT2D eigenvalue weighted by Gasteiger charge is 2.27. The molecule has 0 radical (unpaired) electrons. The van der Waals surface area contributed by atoms with Crippen LogP contribution in [0.1, 0.15) is 62.8 Å². The number of rotatable bonds is 6. The molecular formula is C23H32N2O. The molecule has 2 aromatic rings. The van der Waals surface area contributed by atoms with Gasteiger partial charge in [-0.3, -0.25) is 4.79 Å². The van der Waals surface area contributed by atoms with E-state index < -0.39 is 0 Å². The van der Waals surface area contributed by atoms with Crippen molar-refractivity contribution >= 4 is 5.91 Å². The van der Waals surface area contributed by atoms with E-state index in [9.17, 15) is 4.79 Å². The molecule has 1 aliphatic carbocycles. The van der Waals surface area contributed by atoms with Crippen LogP contribution < -0.4 is 0 Å². The van der Waals surface area contributed by atoms with E-state index in [1.165, 1.54) is 36.1 Å². The molecule has 26 heavy (non-hydrogen) atoms. The third kappa shape index (κ3) is 4.57. The Balaban J connectivity index is 1.78. The van der Waals surface area contributed by atoms with Gasteiger partial charge in [-0.2, -0.15) is 0 Å². The Hall–Kier alpha value is -2.03. The summed E-state index contributed by atoms with van der Waals surface area (Å²) in [5.74, 6) is 0.345. The smallest absolute Gasteiger partial charge is 0.225 e. The van der Waals surface area contributed by atoms with Crippen LogP contribution in [-0.2, 0) is 17.9 Å². The lowest BCUT2D eigenvalue weighted by atomic mass is 9.93. The first-order valence-electron chi connectivity index (χ1n) is 10.0. The molecule has 3 rings (SSSR count). The Morgan fingerprint density at radius 3 is 2.62 bits per heavy atom. The summed E-state index contributed by atoms with van der Waals surface area (Å²) in [5, 5.41) is 0. The molecule has 0 bridgehead atoms. The maximum Gasteiger partial charge on any atom is 0.225 e. The molecule has 1 aliphatic rings. The van der Waals surface area contributed by atoms with E-state index in [2.05, 4.69) is 59.0 Å². The predicted molar refractivity (Wildman–Crippen MR) is 107 cm³/mol. The van der Waals surface area contributed by atoms with Gasteiger partial charge in [0.2, 0.25) is 5.91 Å². The fourth-order valence-corrected chi connectivity index (χ4v) is 4.04. The zero-order valence-corrected chi connectivity index (χ0v) is 16.4. The molecular weight excluding hydrogens is 320 g/mol. The van der Waals surface area contributed by atoms with E-state index in [0.29, 0.717) is 11.9 Å². The summed E-state index contributed by atoms with van der Waals surface area (Å²) in [5.41, 5.74) is 3.82. The van der Waals surface area contributed by atoms with E-state index >= 15 is 0 Å². The number of nitrogens with zero attached hydrogens (tertiary/aromatic N) is 2. The monoisotopic (exact) mass is 352 g/mol. The second-order valence-electron chi connectivity index (χ2n) is 8.03. The third-order valence-electron chi connectivity index (χ3n) is 5.48. The maximum atomic E-state index is 12.9. The van der Waals surface area contributed by atoms with Crippen LogP contribution in [-0.4, -0.2) is 21.4 Å². The van der Waals surface area contributed by atoms with Crippen LogP contribution in [0, 0.1) is 12.8 Å². The Bertz CT molecular complexity index is 725. The highest BCUT2D eigenvalue weighted by Crippen LogP contribution is 2.26. The molecule has 0 atom stereocenters. The Kier molecular flexibility index (Phi) is 6.18. The minimum absolute atomic E-state index is 0.0529. The Labute approximate surface area is 158 Å². The second kappa shape index (κ2) is 8.57. The van der Waals surface area contributed by atoms with Gasteiger partial charge in [-0.15, -0.1) is 0 Å². The average Bonchev–Trinajstić information content (AvgIpc) is 3.06. The summed E-state index contributed by atoms with van der Waals surface area (Å²) in [6.45, 7) is 7.75. The average molecular weight is 353 g/mol. The topological polar surface area (TPSA) is 25.2 Å². The second-order valence-corrected chi connectivity index (χ2v) is 8.03. The number of hydrogen-bond donors (Lipinski definition) is 0. The van der Waals surface area contributed by atoms with Crippen LogP contribution in [0.2, 0.25) is 0 Å². The lowest BCUT2D eigenvalue weighted by molar-refractivity contribution is -0.138. The molecule has 1 saturated carbocycles. The largest absolute Gasteiger partial charge is 0.345 e. The van der Waals surface area contributed by atoms with Gasteiger partial charge in [-0.1, -0.05) is 62.9 Å². The number of carbonyl (C=O) groups is 1. The molecule has 3 heteroatoms. The predicted octanol–water partition coefficient (Wildman–Crippen LogP) is 5.16. The summed E-state index contributed by atoms with van der Waals surface area (Å²) < 4.78 is 2.29. The molecule has 1 aromatic heterocycles. The van der Waals surface area contributed by atoms with Gasteiger partial charge in [0.25, 0.3) is 0 Å². The van der Waals surface area contributed by atoms with Gasteiger partial charge < -0.3 is 9.47 Å². The summed E-state index contributed by atoms with van der Waals surface area (Å²) in [6.07, 6.45) is 8.24. The molecule has 0 saturated heterocycles. The lowest BCUT2D eigenvalue weighted by Gasteiger charge is -2.36. The van der Waals surface area contributed by atoms with Gasteiger partial charge in [-0.25, -0.2) is 0 Å². The summed E-state index contributed by atoms with van der Waals surface area (Å²) in [7, 11) is 0. The van der Waals surface area contributed by atoms with Crippen molar-refractivity contribution in [3.8, 4) is 0 Å². The zero-order valence-electron chi connectivity index (χ0n) is 16.4. The van der Waals surface area contributed by atoms with Crippen molar-refractivity contribution < 1.29 is 4.79 Å². The first-order chi connectivity index (χ1) is 12.5. The van der Waals surface area contributed by atoms with Crippen molar-refractivity contribution in [2.45, 2.75) is 72.0 Å². The van der Waals surface area contributed by atoms with Crippen molar-refractivity contribution in [3.05, 3.63) is 59.4 Å². The number of hydrogen-bond acceptors (Lipinski definition) is 1. The van der Waals surface area contributed by atoms with Crippen molar-refractivity contribution in [2.24, 2.45) is 5.92 Å². The van der Waals surface area contributed by atoms with Crippen LogP contribution in [0.25, 0.3) is 0 Å². The quantitative estimate of drug-likeness (QED) is 0.705. The minimum atomic E-state index is 0.0529. The fraction of sp³-hybridized carbons (Fsp3) is 0.522. The van der Waals surface area contributed by atoms with E-state index in [0.717, 1.165) is 25.9 Å². The maximum absolute atomic E-state index is 12.9. The number of amides is 1. The van der Waals surface area contributed by atoms with Crippen molar-refractivity contribution in [3.63, 3.8) is 0 Å². The van der Waals surface area contributed by atoms with Crippen molar-refractivity contribution in [2.75, 3.05) is 0 Å². The molecule has 0 unspecified atom stereocenters. The van der Waals surface area contributed by atoms with Gasteiger partial charge in [0.15, 0.2) is 0 Å². The Morgan fingerprint density at radius 1 is 1.15 bits per heavy atom. The van der Waals surface area contributed by atoms with Crippen LogP contribution in [0.15, 0.2) is 42.6 Å². The van der Waals surface area contributed by atoms with Gasteiger partial charge in [0.1, 0.15) is 0 Å². The number of aromatic nitrogens is 1. The first-order valence-corrected chi connectivity index (χ1v) is 10.0. The highest BCUT2D eigenvalue weighted by molar-refractivity contribution is 5.78. The van der Waals surface area contributed by atoms with Gasteiger partial charge in [0, 0.05) is 30.4 Å². The normalized spacial score (nSPS) is 15.4. The number of benzene rings is 1. The number of carbonyl (C=O) groups excluding carboxylic acids is 1. The summed E-state index contributed by atoms with van der Waals surface area (Å²) in [6, 6.07) is 13.3. The van der Waals surface area contributed by atoms with Crippen LogP contribution in [0.4, 0.5) is 0 Å². The fourth-order valence-electron chi connectivity index (χ4n) is 4.04. The molecule has 0 spiro atoms. The zero-order chi connectivity index (χ0) is 18.5. The van der Waals surface area contributed by atoms with Crippen LogP contribution in [0.5, 0.6) is 0 Å². The number of aryl methyl sites for hydroxylation is 1. The van der Waals surface area contributed by atoms with Crippen molar-refractivity contribution in [1.82, 2.24) is 9.47 Å².